The highest BCUT2D eigenvalue weighted by Gasteiger charge is 2.34. The monoisotopic (exact) mass is 463 g/mol. The lowest BCUT2D eigenvalue weighted by atomic mass is 9.98. The first-order chi connectivity index (χ1) is 15.6. The summed E-state index contributed by atoms with van der Waals surface area (Å²) < 4.78 is 53.6. The molecule has 1 unspecified atom stereocenters. The molecular formula is C23H25F4N5O. The Kier molecular flexibility index (Phi) is 6.27. The fraction of sp³-hybridized carbons (Fsp3) is 0.435. The Morgan fingerprint density at radius 3 is 2.67 bits per heavy atom. The van der Waals surface area contributed by atoms with Crippen LogP contribution in [0, 0.1) is 11.9 Å². The van der Waals surface area contributed by atoms with Crippen molar-refractivity contribution in [3.05, 3.63) is 53.1 Å². The van der Waals surface area contributed by atoms with Crippen LogP contribution in [0.2, 0.25) is 0 Å². The first kappa shape index (κ1) is 23.0. The maximum absolute atomic E-state index is 13.8. The summed E-state index contributed by atoms with van der Waals surface area (Å²) in [6, 6.07) is 7.25. The Morgan fingerprint density at radius 2 is 1.97 bits per heavy atom. The number of benzene rings is 1. The maximum atomic E-state index is 13.8. The summed E-state index contributed by atoms with van der Waals surface area (Å²) in [6.45, 7) is 5.07. The molecule has 2 aromatic heterocycles. The van der Waals surface area contributed by atoms with Gasteiger partial charge >= 0.3 is 6.18 Å². The maximum Gasteiger partial charge on any atom is 0.433 e. The highest BCUT2D eigenvalue weighted by Crippen LogP contribution is 2.32. The number of piperidine rings is 1. The second-order valence-corrected chi connectivity index (χ2v) is 8.61. The van der Waals surface area contributed by atoms with Crippen molar-refractivity contribution in [1.82, 2.24) is 20.5 Å². The minimum absolute atomic E-state index is 0.0397. The lowest BCUT2D eigenvalue weighted by Crippen LogP contribution is -2.35. The van der Waals surface area contributed by atoms with Gasteiger partial charge in [-0.25, -0.2) is 4.98 Å². The molecule has 33 heavy (non-hydrogen) atoms. The molecule has 176 valence electrons. The van der Waals surface area contributed by atoms with Crippen LogP contribution in [0.3, 0.4) is 0 Å². The minimum Gasteiger partial charge on any atom is -0.356 e. The molecule has 2 N–H and O–H groups in total. The Bertz CT molecular complexity index is 1150. The van der Waals surface area contributed by atoms with Gasteiger partial charge in [0.05, 0.1) is 16.8 Å². The predicted octanol–water partition coefficient (Wildman–Crippen LogP) is 4.77. The van der Waals surface area contributed by atoms with E-state index in [2.05, 4.69) is 27.4 Å². The molecule has 1 atom stereocenters. The molecule has 3 heterocycles. The van der Waals surface area contributed by atoms with Crippen LogP contribution < -0.4 is 10.2 Å². The minimum atomic E-state index is -4.55. The van der Waals surface area contributed by atoms with Gasteiger partial charge in [0, 0.05) is 25.2 Å². The van der Waals surface area contributed by atoms with Gasteiger partial charge in [-0.3, -0.25) is 9.89 Å². The molecule has 1 aliphatic rings. The molecule has 10 heteroatoms. The van der Waals surface area contributed by atoms with Crippen molar-refractivity contribution >= 4 is 22.6 Å². The zero-order chi connectivity index (χ0) is 23.8. The third-order valence-corrected chi connectivity index (χ3v) is 6.22. The third kappa shape index (κ3) is 4.94. The van der Waals surface area contributed by atoms with E-state index in [1.165, 1.54) is 6.07 Å². The number of aromatic amines is 1. The number of anilines is 1. The molecule has 0 bridgehead atoms. The third-order valence-electron chi connectivity index (χ3n) is 6.22. The number of pyridine rings is 1. The fourth-order valence-corrected chi connectivity index (χ4v) is 4.02. The van der Waals surface area contributed by atoms with Crippen molar-refractivity contribution in [3.63, 3.8) is 0 Å². The van der Waals surface area contributed by atoms with Gasteiger partial charge in [-0.2, -0.15) is 17.6 Å². The van der Waals surface area contributed by atoms with Crippen molar-refractivity contribution in [1.29, 1.82) is 0 Å². The predicted molar refractivity (Wildman–Crippen MR) is 116 cm³/mol. The molecule has 0 spiro atoms. The summed E-state index contributed by atoms with van der Waals surface area (Å²) in [7, 11) is 0. The van der Waals surface area contributed by atoms with E-state index in [0.717, 1.165) is 18.9 Å². The number of nitrogens with zero attached hydrogens (tertiary/aromatic N) is 3. The molecular weight excluding hydrogens is 438 g/mol. The Balaban J connectivity index is 1.52. The van der Waals surface area contributed by atoms with Gasteiger partial charge in [0.1, 0.15) is 11.5 Å². The van der Waals surface area contributed by atoms with E-state index < -0.39 is 23.7 Å². The van der Waals surface area contributed by atoms with Crippen LogP contribution in [0.15, 0.2) is 30.3 Å². The van der Waals surface area contributed by atoms with Gasteiger partial charge < -0.3 is 10.2 Å². The number of H-pyrrole nitrogens is 1. The van der Waals surface area contributed by atoms with Crippen LogP contribution in [0.4, 0.5) is 23.4 Å². The normalized spacial score (nSPS) is 16.2. The smallest absolute Gasteiger partial charge is 0.356 e. The second kappa shape index (κ2) is 8.99. The van der Waals surface area contributed by atoms with Crippen LogP contribution >= 0.6 is 0 Å². The summed E-state index contributed by atoms with van der Waals surface area (Å²) in [5.74, 6) is -0.794. The zero-order valence-corrected chi connectivity index (χ0v) is 18.3. The zero-order valence-electron chi connectivity index (χ0n) is 18.3. The van der Waals surface area contributed by atoms with Gasteiger partial charge in [-0.1, -0.05) is 19.1 Å². The Labute approximate surface area is 188 Å². The number of halogens is 4. The summed E-state index contributed by atoms with van der Waals surface area (Å²) in [4.78, 5) is 18.6. The van der Waals surface area contributed by atoms with E-state index in [1.54, 1.807) is 25.1 Å². The second-order valence-electron chi connectivity index (χ2n) is 8.61. The van der Waals surface area contributed by atoms with Crippen molar-refractivity contribution in [2.24, 2.45) is 5.92 Å². The van der Waals surface area contributed by atoms with E-state index in [9.17, 15) is 22.4 Å². The first-order valence-corrected chi connectivity index (χ1v) is 10.9. The summed E-state index contributed by atoms with van der Waals surface area (Å²) in [5, 5.41) is 9.17. The largest absolute Gasteiger partial charge is 0.433 e. The molecule has 1 aromatic carbocycles. The molecule has 0 aliphatic carbocycles. The summed E-state index contributed by atoms with van der Waals surface area (Å²) >= 11 is 0. The van der Waals surface area contributed by atoms with E-state index >= 15 is 0 Å². The van der Waals surface area contributed by atoms with Gasteiger partial charge in [0.15, 0.2) is 0 Å². The number of hydrogen-bond acceptors (Lipinski definition) is 4. The summed E-state index contributed by atoms with van der Waals surface area (Å²) in [6.07, 6.45) is -2.81. The fourth-order valence-electron chi connectivity index (χ4n) is 4.02. The molecule has 1 amide bonds. The number of alkyl halides is 3. The van der Waals surface area contributed by atoms with E-state index in [4.69, 9.17) is 0 Å². The first-order valence-electron chi connectivity index (χ1n) is 10.9. The van der Waals surface area contributed by atoms with Gasteiger partial charge in [0.25, 0.3) is 0 Å². The quantitative estimate of drug-likeness (QED) is 0.535. The van der Waals surface area contributed by atoms with E-state index in [0.29, 0.717) is 41.0 Å². The van der Waals surface area contributed by atoms with Crippen molar-refractivity contribution in [2.45, 2.75) is 45.3 Å². The molecule has 3 aromatic rings. The molecule has 1 saturated heterocycles. The number of aromatic nitrogens is 3. The van der Waals surface area contributed by atoms with Gasteiger partial charge in [-0.05, 0) is 49.4 Å². The number of amides is 1. The van der Waals surface area contributed by atoms with Gasteiger partial charge in [0.2, 0.25) is 11.9 Å². The van der Waals surface area contributed by atoms with Crippen LogP contribution in [0.25, 0.3) is 10.9 Å². The van der Waals surface area contributed by atoms with E-state index in [1.807, 2.05) is 4.90 Å². The number of hydrogen-bond donors (Lipinski definition) is 2. The molecule has 0 radical (unpaired) electrons. The molecule has 6 nitrogen and oxygen atoms in total. The topological polar surface area (TPSA) is 73.9 Å². The number of nitrogens with one attached hydrogen (secondary N) is 2. The van der Waals surface area contributed by atoms with Crippen LogP contribution in [0.1, 0.15) is 49.4 Å². The Hall–Kier alpha value is -3.17. The Morgan fingerprint density at radius 1 is 1.24 bits per heavy atom. The van der Waals surface area contributed by atoms with Crippen molar-refractivity contribution in [3.8, 4) is 0 Å². The van der Waals surface area contributed by atoms with Crippen LogP contribution in [0.5, 0.6) is 0 Å². The van der Waals surface area contributed by atoms with Crippen LogP contribution in [-0.2, 0) is 17.5 Å². The van der Waals surface area contributed by atoms with Crippen molar-refractivity contribution < 1.29 is 22.4 Å². The van der Waals surface area contributed by atoms with Crippen molar-refractivity contribution in [2.75, 3.05) is 18.0 Å². The SMILES string of the molecule is CC1CCN(c2nc(C(F)(F)F)ccc2CNC(=O)C(C)c2ccc3[nH]nc(F)c3c2)CC1. The average molecular weight is 463 g/mol. The molecule has 4 rings (SSSR count). The number of fused-ring (bicyclic) bond motifs is 1. The van der Waals surface area contributed by atoms with Crippen LogP contribution in [-0.4, -0.2) is 34.2 Å². The molecule has 1 fully saturated rings. The highest BCUT2D eigenvalue weighted by atomic mass is 19.4. The lowest BCUT2D eigenvalue weighted by Gasteiger charge is -2.33. The number of carbonyl (C=O) groups excluding carboxylic acids is 1. The summed E-state index contributed by atoms with van der Waals surface area (Å²) in [5.41, 5.74) is 0.709. The highest BCUT2D eigenvalue weighted by molar-refractivity contribution is 5.86. The van der Waals surface area contributed by atoms with E-state index in [-0.39, 0.29) is 18.3 Å². The molecule has 0 saturated carbocycles. The number of rotatable bonds is 5. The lowest BCUT2D eigenvalue weighted by molar-refractivity contribution is -0.141. The standard InChI is InChI=1S/C23H25F4N5O/c1-13-7-9-32(10-8-13)21-16(4-6-19(29-21)23(25,26)27)12-28-22(33)14(2)15-3-5-18-17(11-15)20(24)31-30-18/h3-6,11,13-14H,7-10,12H2,1-2H3,(H,28,33)(H,30,31). The average Bonchev–Trinajstić information content (AvgIpc) is 3.17. The molecule has 1 aliphatic heterocycles. The number of carbonyl (C=O) groups is 1. The van der Waals surface area contributed by atoms with Gasteiger partial charge in [-0.15, -0.1) is 5.10 Å².